The van der Waals surface area contributed by atoms with E-state index in [9.17, 15) is 9.59 Å². The molecule has 0 aliphatic heterocycles. The monoisotopic (exact) mass is 383 g/mol. The Morgan fingerprint density at radius 1 is 1.44 bits per heavy atom. The zero-order valence-corrected chi connectivity index (χ0v) is 12.1. The summed E-state index contributed by atoms with van der Waals surface area (Å²) in [6.45, 7) is -0.316. The van der Waals surface area contributed by atoms with Crippen molar-refractivity contribution in [2.75, 3.05) is 6.61 Å². The zero-order chi connectivity index (χ0) is 13.7. The highest BCUT2D eigenvalue weighted by Crippen LogP contribution is 2.18. The molecule has 18 heavy (non-hydrogen) atoms. The number of nitrogens with one attached hydrogen (secondary N) is 1. The molecule has 1 rings (SSSR count). The Balaban J connectivity index is 2.86. The van der Waals surface area contributed by atoms with Crippen molar-refractivity contribution in [3.05, 3.63) is 32.4 Å². The van der Waals surface area contributed by atoms with Crippen molar-refractivity contribution in [2.24, 2.45) is 0 Å². The molecule has 98 valence electrons. The second-order valence-corrected chi connectivity index (χ2v) is 5.10. The van der Waals surface area contributed by atoms with Gasteiger partial charge in [-0.05, 0) is 40.8 Å². The van der Waals surface area contributed by atoms with Crippen molar-refractivity contribution in [3.63, 3.8) is 0 Å². The summed E-state index contributed by atoms with van der Waals surface area (Å²) in [5.74, 6) is -1.71. The Labute approximate surface area is 122 Å². The van der Waals surface area contributed by atoms with Crippen LogP contribution in [0.5, 0.6) is 0 Å². The fraction of sp³-hybridized carbons (Fsp3) is 0.273. The van der Waals surface area contributed by atoms with Gasteiger partial charge in [0.2, 0.25) is 0 Å². The molecule has 5 nitrogen and oxygen atoms in total. The van der Waals surface area contributed by atoms with Crippen LogP contribution in [-0.4, -0.2) is 34.7 Å². The Morgan fingerprint density at radius 2 is 2.11 bits per heavy atom. The van der Waals surface area contributed by atoms with Gasteiger partial charge in [0, 0.05) is 21.6 Å². The van der Waals surface area contributed by atoms with Crippen molar-refractivity contribution in [1.29, 1.82) is 0 Å². The van der Waals surface area contributed by atoms with Crippen molar-refractivity contribution < 1.29 is 19.8 Å². The molecular formula is C11H11ClINO4. The van der Waals surface area contributed by atoms with E-state index in [1.54, 1.807) is 12.1 Å². The van der Waals surface area contributed by atoms with Gasteiger partial charge in [-0.3, -0.25) is 4.79 Å². The van der Waals surface area contributed by atoms with Crippen molar-refractivity contribution in [2.45, 2.75) is 12.5 Å². The van der Waals surface area contributed by atoms with Crippen molar-refractivity contribution in [1.82, 2.24) is 5.32 Å². The van der Waals surface area contributed by atoms with Gasteiger partial charge in [-0.1, -0.05) is 11.6 Å². The fourth-order valence-corrected chi connectivity index (χ4v) is 2.05. The largest absolute Gasteiger partial charge is 0.480 e. The number of aliphatic carboxylic acids is 1. The highest BCUT2D eigenvalue weighted by molar-refractivity contribution is 14.1. The summed E-state index contributed by atoms with van der Waals surface area (Å²) < 4.78 is 0.669. The maximum atomic E-state index is 11.9. The number of amides is 1. The number of halogens is 2. The van der Waals surface area contributed by atoms with E-state index in [4.69, 9.17) is 21.8 Å². The smallest absolute Gasteiger partial charge is 0.326 e. The normalized spacial score (nSPS) is 11.9. The molecule has 1 amide bonds. The average Bonchev–Trinajstić information content (AvgIpc) is 2.31. The SMILES string of the molecule is O=C(NC(CCO)C(=O)O)c1cc(Cl)ccc1I. The summed E-state index contributed by atoms with van der Waals surface area (Å²) in [6.07, 6.45) is -0.0434. The third kappa shape index (κ3) is 4.11. The third-order valence-corrected chi connectivity index (χ3v) is 3.37. The molecule has 1 aromatic carbocycles. The van der Waals surface area contributed by atoms with Gasteiger partial charge in [-0.25, -0.2) is 4.79 Å². The van der Waals surface area contributed by atoms with E-state index in [0.29, 0.717) is 14.2 Å². The topological polar surface area (TPSA) is 86.6 Å². The summed E-state index contributed by atoms with van der Waals surface area (Å²) in [4.78, 5) is 22.7. The minimum absolute atomic E-state index is 0.0434. The molecule has 0 aromatic heterocycles. The fourth-order valence-electron chi connectivity index (χ4n) is 1.29. The van der Waals surface area contributed by atoms with Crippen LogP contribution < -0.4 is 5.32 Å². The molecule has 7 heteroatoms. The summed E-state index contributed by atoms with van der Waals surface area (Å²) in [6, 6.07) is 3.66. The summed E-state index contributed by atoms with van der Waals surface area (Å²) in [5.41, 5.74) is 0.312. The summed E-state index contributed by atoms with van der Waals surface area (Å²) in [5, 5.41) is 20.3. The maximum Gasteiger partial charge on any atom is 0.326 e. The molecule has 0 heterocycles. The lowest BCUT2D eigenvalue weighted by atomic mass is 10.1. The lowest BCUT2D eigenvalue weighted by Crippen LogP contribution is -2.41. The number of rotatable bonds is 5. The minimum atomic E-state index is -1.19. The van der Waals surface area contributed by atoms with E-state index in [2.05, 4.69) is 5.32 Å². The van der Waals surface area contributed by atoms with E-state index in [0.717, 1.165) is 0 Å². The lowest BCUT2D eigenvalue weighted by molar-refractivity contribution is -0.139. The van der Waals surface area contributed by atoms with Gasteiger partial charge in [0.1, 0.15) is 6.04 Å². The van der Waals surface area contributed by atoms with Crippen LogP contribution >= 0.6 is 34.2 Å². The third-order valence-electron chi connectivity index (χ3n) is 2.19. The molecule has 0 bridgehead atoms. The highest BCUT2D eigenvalue weighted by Gasteiger charge is 2.21. The molecule has 0 aliphatic carbocycles. The number of hydrogen-bond acceptors (Lipinski definition) is 3. The van der Waals surface area contributed by atoms with Crippen LogP contribution in [0.4, 0.5) is 0 Å². The summed E-state index contributed by atoms with van der Waals surface area (Å²) >= 11 is 7.74. The van der Waals surface area contributed by atoms with E-state index < -0.39 is 17.9 Å². The molecular weight excluding hydrogens is 372 g/mol. The number of hydrogen-bond donors (Lipinski definition) is 3. The van der Waals surface area contributed by atoms with Crippen molar-refractivity contribution in [3.8, 4) is 0 Å². The molecule has 1 unspecified atom stereocenters. The number of aliphatic hydroxyl groups is 1. The molecule has 1 atom stereocenters. The van der Waals surface area contributed by atoms with Crippen LogP contribution in [0.25, 0.3) is 0 Å². The number of carbonyl (C=O) groups excluding carboxylic acids is 1. The van der Waals surface area contributed by atoms with Crippen LogP contribution in [0.2, 0.25) is 5.02 Å². The Hall–Kier alpha value is -0.860. The second-order valence-electron chi connectivity index (χ2n) is 3.50. The Morgan fingerprint density at radius 3 is 2.67 bits per heavy atom. The Kier molecular flexibility index (Phi) is 5.83. The quantitative estimate of drug-likeness (QED) is 0.673. The molecule has 0 fully saturated rings. The first-order valence-electron chi connectivity index (χ1n) is 5.05. The first kappa shape index (κ1) is 15.2. The molecule has 3 N–H and O–H groups in total. The maximum absolute atomic E-state index is 11.9. The predicted molar refractivity (Wildman–Crippen MR) is 74.8 cm³/mol. The van der Waals surface area contributed by atoms with Crippen LogP contribution in [0, 0.1) is 3.57 Å². The molecule has 0 radical (unpaired) electrons. The minimum Gasteiger partial charge on any atom is -0.480 e. The van der Waals surface area contributed by atoms with Gasteiger partial charge in [0.25, 0.3) is 5.91 Å². The van der Waals surface area contributed by atoms with Gasteiger partial charge in [-0.15, -0.1) is 0 Å². The van der Waals surface area contributed by atoms with Gasteiger partial charge in [0.05, 0.1) is 5.56 Å². The van der Waals surface area contributed by atoms with E-state index in [1.807, 2.05) is 22.6 Å². The number of carbonyl (C=O) groups is 2. The highest BCUT2D eigenvalue weighted by atomic mass is 127. The van der Waals surface area contributed by atoms with Gasteiger partial charge >= 0.3 is 5.97 Å². The van der Waals surface area contributed by atoms with Crippen LogP contribution in [0.1, 0.15) is 16.8 Å². The Bertz CT molecular complexity index is 466. The molecule has 0 saturated heterocycles. The standard InChI is InChI=1S/C11H11ClINO4/c12-6-1-2-8(13)7(5-6)10(16)14-9(3-4-15)11(17)18/h1-2,5,9,15H,3-4H2,(H,14,16)(H,17,18). The van der Waals surface area contributed by atoms with Crippen LogP contribution in [0.3, 0.4) is 0 Å². The van der Waals surface area contributed by atoms with Gasteiger partial charge < -0.3 is 15.5 Å². The van der Waals surface area contributed by atoms with Crippen LogP contribution in [-0.2, 0) is 4.79 Å². The first-order chi connectivity index (χ1) is 8.45. The molecule has 0 saturated carbocycles. The second kappa shape index (κ2) is 6.91. The summed E-state index contributed by atoms with van der Waals surface area (Å²) in [7, 11) is 0. The number of carboxylic acids is 1. The molecule has 0 spiro atoms. The van der Waals surface area contributed by atoms with E-state index in [-0.39, 0.29) is 13.0 Å². The van der Waals surface area contributed by atoms with Crippen LogP contribution in [0.15, 0.2) is 18.2 Å². The van der Waals surface area contributed by atoms with Crippen molar-refractivity contribution >= 4 is 46.1 Å². The zero-order valence-electron chi connectivity index (χ0n) is 9.19. The number of carboxylic acid groups (broad SMARTS) is 1. The number of aliphatic hydroxyl groups excluding tert-OH is 1. The van der Waals surface area contributed by atoms with E-state index in [1.165, 1.54) is 6.07 Å². The predicted octanol–water partition coefficient (Wildman–Crippen LogP) is 1.51. The average molecular weight is 384 g/mol. The van der Waals surface area contributed by atoms with Gasteiger partial charge in [0.15, 0.2) is 0 Å². The molecule has 1 aromatic rings. The van der Waals surface area contributed by atoms with E-state index >= 15 is 0 Å². The number of benzene rings is 1. The molecule has 0 aliphatic rings. The first-order valence-corrected chi connectivity index (χ1v) is 6.51. The van der Waals surface area contributed by atoms with Gasteiger partial charge in [-0.2, -0.15) is 0 Å². The lowest BCUT2D eigenvalue weighted by Gasteiger charge is -2.14.